The fourth-order valence-electron chi connectivity index (χ4n) is 2.86. The first-order chi connectivity index (χ1) is 9.36. The van der Waals surface area contributed by atoms with Crippen molar-refractivity contribution in [2.45, 2.75) is 38.6 Å². The van der Waals surface area contributed by atoms with Crippen LogP contribution in [-0.2, 0) is 0 Å². The van der Waals surface area contributed by atoms with Gasteiger partial charge in [0.15, 0.2) is 0 Å². The van der Waals surface area contributed by atoms with Gasteiger partial charge in [-0.05, 0) is 42.2 Å². The maximum absolute atomic E-state index is 6.10. The zero-order valence-corrected chi connectivity index (χ0v) is 11.5. The average molecular weight is 255 g/mol. The van der Waals surface area contributed by atoms with Gasteiger partial charge in [0.05, 0.1) is 0 Å². The van der Waals surface area contributed by atoms with Crippen molar-refractivity contribution in [3.63, 3.8) is 0 Å². The van der Waals surface area contributed by atoms with Crippen molar-refractivity contribution in [2.75, 3.05) is 6.54 Å². The zero-order valence-electron chi connectivity index (χ0n) is 11.5. The summed E-state index contributed by atoms with van der Waals surface area (Å²) in [6, 6.07) is 15.3. The highest BCUT2D eigenvalue weighted by Gasteiger charge is 2.22. The Bertz CT molecular complexity index is 552. The van der Waals surface area contributed by atoms with E-state index in [1.54, 1.807) is 0 Å². The molecule has 0 aliphatic carbocycles. The molecule has 1 aliphatic heterocycles. The van der Waals surface area contributed by atoms with Crippen molar-refractivity contribution in [3.05, 3.63) is 42.5 Å². The van der Waals surface area contributed by atoms with E-state index in [4.69, 9.17) is 4.84 Å². The summed E-state index contributed by atoms with van der Waals surface area (Å²) in [5.41, 5.74) is 0. The molecule has 0 radical (unpaired) electrons. The highest BCUT2D eigenvalue weighted by Crippen LogP contribution is 2.25. The van der Waals surface area contributed by atoms with E-state index in [9.17, 15) is 0 Å². The molecule has 1 unspecified atom stereocenters. The Morgan fingerprint density at radius 2 is 1.95 bits per heavy atom. The second kappa shape index (κ2) is 5.62. The van der Waals surface area contributed by atoms with E-state index in [1.165, 1.54) is 30.0 Å². The lowest BCUT2D eigenvalue weighted by Crippen LogP contribution is -2.41. The van der Waals surface area contributed by atoms with Crippen LogP contribution in [0, 0.1) is 0 Å². The lowest BCUT2D eigenvalue weighted by molar-refractivity contribution is -0.113. The quantitative estimate of drug-likeness (QED) is 0.806. The lowest BCUT2D eigenvalue weighted by atomic mass is 10.0. The van der Waals surface area contributed by atoms with Crippen LogP contribution in [0.15, 0.2) is 42.5 Å². The van der Waals surface area contributed by atoms with Crippen molar-refractivity contribution in [3.8, 4) is 5.75 Å². The van der Waals surface area contributed by atoms with Crippen LogP contribution in [-0.4, -0.2) is 17.6 Å². The minimum atomic E-state index is 0.570. The first-order valence-electron chi connectivity index (χ1n) is 7.30. The maximum atomic E-state index is 6.10. The Balaban J connectivity index is 1.80. The highest BCUT2D eigenvalue weighted by molar-refractivity contribution is 5.83. The lowest BCUT2D eigenvalue weighted by Gasteiger charge is -2.34. The van der Waals surface area contributed by atoms with Crippen LogP contribution in [0.5, 0.6) is 5.75 Å². The second-order valence-electron chi connectivity index (χ2n) is 5.30. The second-order valence-corrected chi connectivity index (χ2v) is 5.30. The molecule has 0 amide bonds. The van der Waals surface area contributed by atoms with Crippen LogP contribution in [0.1, 0.15) is 32.6 Å². The molecule has 2 aromatic rings. The van der Waals surface area contributed by atoms with Gasteiger partial charge in [0.25, 0.3) is 0 Å². The molecule has 3 rings (SSSR count). The van der Waals surface area contributed by atoms with Gasteiger partial charge in [0.2, 0.25) is 0 Å². The van der Waals surface area contributed by atoms with Crippen LogP contribution in [0.3, 0.4) is 0 Å². The van der Waals surface area contributed by atoms with Gasteiger partial charge in [-0.3, -0.25) is 0 Å². The highest BCUT2D eigenvalue weighted by atomic mass is 16.7. The van der Waals surface area contributed by atoms with Crippen LogP contribution in [0.2, 0.25) is 0 Å². The number of hydrogen-bond acceptors (Lipinski definition) is 2. The number of hydroxylamine groups is 2. The predicted octanol–water partition coefficient (Wildman–Crippen LogP) is 4.40. The van der Waals surface area contributed by atoms with E-state index in [1.807, 2.05) is 0 Å². The summed E-state index contributed by atoms with van der Waals surface area (Å²) < 4.78 is 0. The Hall–Kier alpha value is -1.54. The Labute approximate surface area is 114 Å². The molecule has 1 atom stereocenters. The maximum Gasteiger partial charge on any atom is 0.148 e. The summed E-state index contributed by atoms with van der Waals surface area (Å²) in [5.74, 6) is 0.957. The number of benzene rings is 2. The van der Waals surface area contributed by atoms with E-state index < -0.39 is 0 Å². The third-order valence-electron chi connectivity index (χ3n) is 3.99. The topological polar surface area (TPSA) is 12.5 Å². The van der Waals surface area contributed by atoms with Gasteiger partial charge in [-0.15, -0.1) is 5.06 Å². The summed E-state index contributed by atoms with van der Waals surface area (Å²) >= 11 is 0. The largest absolute Gasteiger partial charge is 0.406 e. The molecule has 2 nitrogen and oxygen atoms in total. The molecule has 0 spiro atoms. The Kier molecular flexibility index (Phi) is 3.69. The molecule has 1 fully saturated rings. The normalized spacial score (nSPS) is 20.6. The van der Waals surface area contributed by atoms with Gasteiger partial charge in [-0.2, -0.15) is 0 Å². The van der Waals surface area contributed by atoms with Gasteiger partial charge < -0.3 is 4.84 Å². The molecule has 100 valence electrons. The molecule has 0 aromatic heterocycles. The Morgan fingerprint density at radius 3 is 2.79 bits per heavy atom. The van der Waals surface area contributed by atoms with E-state index in [2.05, 4.69) is 54.5 Å². The third-order valence-corrected chi connectivity index (χ3v) is 3.99. The molecular weight excluding hydrogens is 234 g/mol. The molecule has 1 aliphatic rings. The number of piperidine rings is 1. The monoisotopic (exact) mass is 255 g/mol. The van der Waals surface area contributed by atoms with Crippen molar-refractivity contribution < 1.29 is 4.84 Å². The van der Waals surface area contributed by atoms with Crippen molar-refractivity contribution >= 4 is 10.8 Å². The van der Waals surface area contributed by atoms with Crippen LogP contribution < -0.4 is 4.84 Å². The Morgan fingerprint density at radius 1 is 1.11 bits per heavy atom. The van der Waals surface area contributed by atoms with E-state index >= 15 is 0 Å². The minimum Gasteiger partial charge on any atom is -0.406 e. The van der Waals surface area contributed by atoms with Crippen LogP contribution >= 0.6 is 0 Å². The van der Waals surface area contributed by atoms with Crippen LogP contribution in [0.4, 0.5) is 0 Å². The molecule has 19 heavy (non-hydrogen) atoms. The van der Waals surface area contributed by atoms with Gasteiger partial charge in [0.1, 0.15) is 5.75 Å². The molecule has 0 bridgehead atoms. The fourth-order valence-corrected chi connectivity index (χ4v) is 2.86. The molecule has 1 heterocycles. The van der Waals surface area contributed by atoms with E-state index in [0.29, 0.717) is 6.04 Å². The SMILES string of the molecule is CCC1CCCCN1Oc1ccc2ccccc2c1. The van der Waals surface area contributed by atoms with Crippen molar-refractivity contribution in [1.82, 2.24) is 5.06 Å². The average Bonchev–Trinajstić information content (AvgIpc) is 2.48. The molecule has 2 heteroatoms. The third kappa shape index (κ3) is 2.74. The number of hydrogen-bond donors (Lipinski definition) is 0. The molecule has 0 N–H and O–H groups in total. The molecular formula is C17H21NO. The van der Waals surface area contributed by atoms with Gasteiger partial charge in [-0.1, -0.05) is 43.7 Å². The van der Waals surface area contributed by atoms with Crippen molar-refractivity contribution in [2.24, 2.45) is 0 Å². The summed E-state index contributed by atoms with van der Waals surface area (Å²) in [6.07, 6.45) is 4.98. The van der Waals surface area contributed by atoms with E-state index in [-0.39, 0.29) is 0 Å². The summed E-state index contributed by atoms with van der Waals surface area (Å²) in [7, 11) is 0. The molecule has 2 aromatic carbocycles. The first-order valence-corrected chi connectivity index (χ1v) is 7.30. The van der Waals surface area contributed by atoms with Gasteiger partial charge >= 0.3 is 0 Å². The first kappa shape index (κ1) is 12.5. The summed E-state index contributed by atoms with van der Waals surface area (Å²) in [5, 5.41) is 4.68. The summed E-state index contributed by atoms with van der Waals surface area (Å²) in [4.78, 5) is 6.10. The smallest absolute Gasteiger partial charge is 0.148 e. The summed E-state index contributed by atoms with van der Waals surface area (Å²) in [6.45, 7) is 3.29. The predicted molar refractivity (Wildman–Crippen MR) is 79.2 cm³/mol. The van der Waals surface area contributed by atoms with Gasteiger partial charge in [-0.25, -0.2) is 0 Å². The number of rotatable bonds is 3. The minimum absolute atomic E-state index is 0.570. The zero-order chi connectivity index (χ0) is 13.1. The number of nitrogens with zero attached hydrogens (tertiary/aromatic N) is 1. The van der Waals surface area contributed by atoms with Gasteiger partial charge in [0, 0.05) is 12.6 Å². The molecule has 0 saturated carbocycles. The van der Waals surface area contributed by atoms with Crippen LogP contribution in [0.25, 0.3) is 10.8 Å². The standard InChI is InChI=1S/C17H21NO/c1-2-16-9-5-6-12-18(16)19-17-11-10-14-7-3-4-8-15(14)13-17/h3-4,7-8,10-11,13,16H,2,5-6,9,12H2,1H3. The van der Waals surface area contributed by atoms with Crippen molar-refractivity contribution in [1.29, 1.82) is 0 Å². The number of fused-ring (bicyclic) bond motifs is 1. The molecule has 1 saturated heterocycles. The fraction of sp³-hybridized carbons (Fsp3) is 0.412. The van der Waals surface area contributed by atoms with E-state index in [0.717, 1.165) is 18.7 Å².